The molecule has 0 fully saturated rings. The van der Waals surface area contributed by atoms with Crippen LogP contribution in [0.3, 0.4) is 0 Å². The molecule has 5 heteroatoms. The molecule has 0 rings (SSSR count). The molecule has 96 valence electrons. The quantitative estimate of drug-likeness (QED) is 0.662. The smallest absolute Gasteiger partial charge is 0.224 e. The molecule has 0 aliphatic carbocycles. The molecule has 0 aromatic rings. The Morgan fingerprint density at radius 1 is 1.44 bits per heavy atom. The Balaban J connectivity index is 3.96. The van der Waals surface area contributed by atoms with Crippen LogP contribution < -0.4 is 11.1 Å². The van der Waals surface area contributed by atoms with Crippen LogP contribution >= 0.6 is 0 Å². The Hall–Kier alpha value is -0.420. The first-order valence-electron chi connectivity index (χ1n) is 5.81. The minimum Gasteiger partial charge on any atom is -0.353 e. The van der Waals surface area contributed by atoms with Gasteiger partial charge in [0.15, 0.2) is 0 Å². The summed E-state index contributed by atoms with van der Waals surface area (Å²) in [6.45, 7) is 4.37. The molecule has 3 atom stereocenters. The second-order valence-corrected chi connectivity index (χ2v) is 5.75. The average molecular weight is 248 g/mol. The number of nitrogens with one attached hydrogen (secondary N) is 1. The van der Waals surface area contributed by atoms with Gasteiger partial charge in [-0.15, -0.1) is 0 Å². The largest absolute Gasteiger partial charge is 0.353 e. The van der Waals surface area contributed by atoms with Gasteiger partial charge in [0, 0.05) is 35.4 Å². The Morgan fingerprint density at radius 3 is 2.50 bits per heavy atom. The molecule has 0 aromatic heterocycles. The van der Waals surface area contributed by atoms with Crippen LogP contribution in [-0.4, -0.2) is 34.7 Å². The summed E-state index contributed by atoms with van der Waals surface area (Å²) in [5.41, 5.74) is 5.55. The topological polar surface area (TPSA) is 72.2 Å². The first-order valence-corrected chi connectivity index (χ1v) is 7.54. The highest BCUT2D eigenvalue weighted by atomic mass is 32.2. The Bertz CT molecular complexity index is 234. The summed E-state index contributed by atoms with van der Waals surface area (Å²) in [7, 11) is -0.793. The second kappa shape index (κ2) is 8.70. The molecule has 3 N–H and O–H groups in total. The van der Waals surface area contributed by atoms with Gasteiger partial charge in [-0.05, 0) is 19.8 Å². The highest BCUT2D eigenvalue weighted by Gasteiger charge is 2.17. The van der Waals surface area contributed by atoms with Gasteiger partial charge in [-0.2, -0.15) is 0 Å². The SMILES string of the molecule is CCCC(CN)C(=O)NC(C)CCS(C)=O. The summed E-state index contributed by atoms with van der Waals surface area (Å²) in [5, 5.41) is 2.92. The maximum atomic E-state index is 11.8. The van der Waals surface area contributed by atoms with E-state index in [-0.39, 0.29) is 17.9 Å². The highest BCUT2D eigenvalue weighted by Crippen LogP contribution is 2.05. The zero-order valence-electron chi connectivity index (χ0n) is 10.5. The molecule has 0 heterocycles. The maximum absolute atomic E-state index is 11.8. The molecule has 0 saturated heterocycles. The van der Waals surface area contributed by atoms with Crippen molar-refractivity contribution in [2.75, 3.05) is 18.6 Å². The normalized spacial score (nSPS) is 16.5. The fraction of sp³-hybridized carbons (Fsp3) is 0.909. The highest BCUT2D eigenvalue weighted by molar-refractivity contribution is 7.84. The van der Waals surface area contributed by atoms with Gasteiger partial charge in [0.1, 0.15) is 0 Å². The first-order chi connectivity index (χ1) is 7.51. The second-order valence-electron chi connectivity index (χ2n) is 4.20. The van der Waals surface area contributed by atoms with E-state index in [1.165, 1.54) is 0 Å². The summed E-state index contributed by atoms with van der Waals surface area (Å²) >= 11 is 0. The summed E-state index contributed by atoms with van der Waals surface area (Å²) in [5.74, 6) is 0.570. The standard InChI is InChI=1S/C11H24N2O2S/c1-4-5-10(8-12)11(14)13-9(2)6-7-16(3)15/h9-10H,4-8,12H2,1-3H3,(H,13,14). The van der Waals surface area contributed by atoms with Crippen LogP contribution in [0.4, 0.5) is 0 Å². The third kappa shape index (κ3) is 6.95. The predicted molar refractivity (Wildman–Crippen MR) is 68.6 cm³/mol. The Kier molecular flexibility index (Phi) is 8.47. The van der Waals surface area contributed by atoms with Crippen LogP contribution in [0.2, 0.25) is 0 Å². The third-order valence-corrected chi connectivity index (χ3v) is 3.33. The number of amides is 1. The minimum absolute atomic E-state index is 0.0266. The van der Waals surface area contributed by atoms with Crippen LogP contribution in [0.5, 0.6) is 0 Å². The van der Waals surface area contributed by atoms with E-state index in [1.54, 1.807) is 6.26 Å². The van der Waals surface area contributed by atoms with Crippen molar-refractivity contribution < 1.29 is 9.00 Å². The van der Waals surface area contributed by atoms with Gasteiger partial charge >= 0.3 is 0 Å². The van der Waals surface area contributed by atoms with Gasteiger partial charge in [-0.1, -0.05) is 13.3 Å². The van der Waals surface area contributed by atoms with E-state index in [4.69, 9.17) is 5.73 Å². The first kappa shape index (κ1) is 15.6. The number of hydrogen-bond acceptors (Lipinski definition) is 3. The molecule has 0 aliphatic rings. The van der Waals surface area contributed by atoms with E-state index in [9.17, 15) is 9.00 Å². The van der Waals surface area contributed by atoms with Gasteiger partial charge in [0.25, 0.3) is 0 Å². The van der Waals surface area contributed by atoms with Crippen LogP contribution in [-0.2, 0) is 15.6 Å². The fourth-order valence-electron chi connectivity index (χ4n) is 1.48. The molecule has 1 amide bonds. The number of nitrogens with two attached hydrogens (primary N) is 1. The van der Waals surface area contributed by atoms with Crippen molar-refractivity contribution in [1.82, 2.24) is 5.32 Å². The Morgan fingerprint density at radius 2 is 2.06 bits per heavy atom. The molecule has 0 aliphatic heterocycles. The van der Waals surface area contributed by atoms with Crippen LogP contribution in [0.25, 0.3) is 0 Å². The van der Waals surface area contributed by atoms with E-state index in [1.807, 2.05) is 13.8 Å². The van der Waals surface area contributed by atoms with E-state index >= 15 is 0 Å². The van der Waals surface area contributed by atoms with Gasteiger partial charge in [-0.3, -0.25) is 9.00 Å². The zero-order valence-corrected chi connectivity index (χ0v) is 11.3. The molecule has 0 spiro atoms. The molecule has 0 radical (unpaired) electrons. The van der Waals surface area contributed by atoms with Gasteiger partial charge in [-0.25, -0.2) is 0 Å². The lowest BCUT2D eigenvalue weighted by atomic mass is 10.0. The third-order valence-electron chi connectivity index (χ3n) is 2.52. The lowest BCUT2D eigenvalue weighted by Gasteiger charge is -2.18. The molecule has 0 aromatic carbocycles. The molecular weight excluding hydrogens is 224 g/mol. The minimum atomic E-state index is -0.793. The number of carbonyl (C=O) groups excluding carboxylic acids is 1. The summed E-state index contributed by atoms with van der Waals surface area (Å²) in [4.78, 5) is 11.8. The van der Waals surface area contributed by atoms with Crippen molar-refractivity contribution in [2.45, 2.75) is 39.2 Å². The molecule has 3 unspecified atom stereocenters. The van der Waals surface area contributed by atoms with Gasteiger partial charge < -0.3 is 11.1 Å². The monoisotopic (exact) mass is 248 g/mol. The summed E-state index contributed by atoms with van der Waals surface area (Å²) in [6, 6.07) is 0.0716. The lowest BCUT2D eigenvalue weighted by molar-refractivity contribution is -0.125. The Labute approximate surface area is 101 Å². The summed E-state index contributed by atoms with van der Waals surface area (Å²) < 4.78 is 10.9. The van der Waals surface area contributed by atoms with Crippen LogP contribution in [0.1, 0.15) is 33.1 Å². The van der Waals surface area contributed by atoms with Crippen molar-refractivity contribution in [3.63, 3.8) is 0 Å². The van der Waals surface area contributed by atoms with E-state index < -0.39 is 10.8 Å². The molecule has 0 saturated carbocycles. The van der Waals surface area contributed by atoms with Crippen molar-refractivity contribution in [3.05, 3.63) is 0 Å². The van der Waals surface area contributed by atoms with E-state index in [2.05, 4.69) is 5.32 Å². The van der Waals surface area contributed by atoms with Crippen molar-refractivity contribution >= 4 is 16.7 Å². The predicted octanol–water partition coefficient (Wildman–Crippen LogP) is 0.635. The van der Waals surface area contributed by atoms with Crippen molar-refractivity contribution in [1.29, 1.82) is 0 Å². The van der Waals surface area contributed by atoms with E-state index in [0.717, 1.165) is 19.3 Å². The molecule has 4 nitrogen and oxygen atoms in total. The number of rotatable bonds is 8. The fourth-order valence-corrected chi connectivity index (χ4v) is 2.17. The summed E-state index contributed by atoms with van der Waals surface area (Å²) in [6.07, 6.45) is 4.21. The van der Waals surface area contributed by atoms with Crippen molar-refractivity contribution in [2.24, 2.45) is 11.7 Å². The molecule has 0 bridgehead atoms. The van der Waals surface area contributed by atoms with E-state index in [0.29, 0.717) is 12.3 Å². The molecule has 16 heavy (non-hydrogen) atoms. The zero-order chi connectivity index (χ0) is 12.6. The van der Waals surface area contributed by atoms with Crippen LogP contribution in [0, 0.1) is 5.92 Å². The average Bonchev–Trinajstić information content (AvgIpc) is 2.22. The number of carbonyl (C=O) groups is 1. The van der Waals surface area contributed by atoms with Crippen molar-refractivity contribution in [3.8, 4) is 0 Å². The maximum Gasteiger partial charge on any atom is 0.224 e. The lowest BCUT2D eigenvalue weighted by Crippen LogP contribution is -2.40. The van der Waals surface area contributed by atoms with Gasteiger partial charge in [0.05, 0.1) is 5.92 Å². The number of hydrogen-bond donors (Lipinski definition) is 2. The van der Waals surface area contributed by atoms with Gasteiger partial charge in [0.2, 0.25) is 5.91 Å². The molecular formula is C11H24N2O2S. The van der Waals surface area contributed by atoms with Crippen LogP contribution in [0.15, 0.2) is 0 Å².